The van der Waals surface area contributed by atoms with Crippen molar-refractivity contribution in [2.75, 3.05) is 6.54 Å². The van der Waals surface area contributed by atoms with Crippen molar-refractivity contribution < 1.29 is 9.53 Å². The van der Waals surface area contributed by atoms with Crippen LogP contribution in [0.3, 0.4) is 0 Å². The van der Waals surface area contributed by atoms with E-state index < -0.39 is 6.09 Å². The quantitative estimate of drug-likeness (QED) is 0.857. The number of rotatable bonds is 6. The van der Waals surface area contributed by atoms with Gasteiger partial charge in [0.2, 0.25) is 0 Å². The van der Waals surface area contributed by atoms with E-state index >= 15 is 0 Å². The molecular formula is C17H20N2O2. The molecule has 0 radical (unpaired) electrons. The molecule has 1 amide bonds. The van der Waals surface area contributed by atoms with Crippen LogP contribution in [0.1, 0.15) is 23.6 Å². The molecule has 0 fully saturated rings. The van der Waals surface area contributed by atoms with Gasteiger partial charge in [-0.25, -0.2) is 4.79 Å². The molecule has 0 saturated heterocycles. The smallest absolute Gasteiger partial charge is 0.407 e. The topological polar surface area (TPSA) is 64.3 Å². The Morgan fingerprint density at radius 1 is 1.05 bits per heavy atom. The van der Waals surface area contributed by atoms with Gasteiger partial charge in [-0.15, -0.1) is 0 Å². The molecule has 1 unspecified atom stereocenters. The normalized spacial score (nSPS) is 11.7. The van der Waals surface area contributed by atoms with Crippen molar-refractivity contribution in [2.24, 2.45) is 5.73 Å². The van der Waals surface area contributed by atoms with Gasteiger partial charge in [-0.1, -0.05) is 60.7 Å². The second kappa shape index (κ2) is 8.07. The first-order valence-corrected chi connectivity index (χ1v) is 7.01. The first-order valence-electron chi connectivity index (χ1n) is 7.01. The summed E-state index contributed by atoms with van der Waals surface area (Å²) in [5, 5.41) is 2.71. The fourth-order valence-corrected chi connectivity index (χ4v) is 1.97. The highest BCUT2D eigenvalue weighted by atomic mass is 16.5. The Morgan fingerprint density at radius 3 is 2.33 bits per heavy atom. The zero-order valence-corrected chi connectivity index (χ0v) is 11.9. The lowest BCUT2D eigenvalue weighted by Gasteiger charge is -2.12. The van der Waals surface area contributed by atoms with Gasteiger partial charge >= 0.3 is 6.09 Å². The highest BCUT2D eigenvalue weighted by molar-refractivity contribution is 5.67. The van der Waals surface area contributed by atoms with Gasteiger partial charge in [0.25, 0.3) is 0 Å². The van der Waals surface area contributed by atoms with Crippen LogP contribution in [0.25, 0.3) is 0 Å². The lowest BCUT2D eigenvalue weighted by atomic mass is 10.1. The van der Waals surface area contributed by atoms with Gasteiger partial charge in [0.05, 0.1) is 0 Å². The second-order valence-corrected chi connectivity index (χ2v) is 4.79. The van der Waals surface area contributed by atoms with Gasteiger partial charge in [0.15, 0.2) is 0 Å². The molecular weight excluding hydrogens is 264 g/mol. The van der Waals surface area contributed by atoms with Crippen LogP contribution in [0, 0.1) is 0 Å². The molecule has 0 aromatic heterocycles. The summed E-state index contributed by atoms with van der Waals surface area (Å²) in [4.78, 5) is 11.6. The van der Waals surface area contributed by atoms with Gasteiger partial charge in [0, 0.05) is 12.6 Å². The minimum Gasteiger partial charge on any atom is -0.445 e. The average molecular weight is 284 g/mol. The molecule has 0 aliphatic heterocycles. The summed E-state index contributed by atoms with van der Waals surface area (Å²) in [5.41, 5.74) is 8.09. The third-order valence-electron chi connectivity index (χ3n) is 3.17. The molecule has 21 heavy (non-hydrogen) atoms. The summed E-state index contributed by atoms with van der Waals surface area (Å²) in [6.45, 7) is 0.765. The number of benzene rings is 2. The van der Waals surface area contributed by atoms with Crippen molar-refractivity contribution >= 4 is 6.09 Å². The number of hydrogen-bond donors (Lipinski definition) is 2. The second-order valence-electron chi connectivity index (χ2n) is 4.79. The molecule has 0 saturated carbocycles. The zero-order valence-electron chi connectivity index (χ0n) is 11.9. The molecule has 4 nitrogen and oxygen atoms in total. The van der Waals surface area contributed by atoms with Crippen molar-refractivity contribution in [1.82, 2.24) is 5.32 Å². The number of nitrogens with two attached hydrogens (primary N) is 1. The summed E-state index contributed by atoms with van der Waals surface area (Å²) in [7, 11) is 0. The SMILES string of the molecule is NC(CCNC(=O)OCc1ccccc1)c1ccccc1. The largest absolute Gasteiger partial charge is 0.445 e. The molecule has 2 aromatic carbocycles. The van der Waals surface area contributed by atoms with Crippen molar-refractivity contribution in [3.63, 3.8) is 0 Å². The highest BCUT2D eigenvalue weighted by Crippen LogP contribution is 2.12. The summed E-state index contributed by atoms with van der Waals surface area (Å²) in [5.74, 6) is 0. The fourth-order valence-electron chi connectivity index (χ4n) is 1.97. The van der Waals surface area contributed by atoms with Gasteiger partial charge in [0.1, 0.15) is 6.61 Å². The molecule has 0 aliphatic carbocycles. The number of ether oxygens (including phenoxy) is 1. The van der Waals surface area contributed by atoms with E-state index in [-0.39, 0.29) is 12.6 Å². The fraction of sp³-hybridized carbons (Fsp3) is 0.235. The first-order chi connectivity index (χ1) is 10.3. The van der Waals surface area contributed by atoms with E-state index in [0.717, 1.165) is 11.1 Å². The van der Waals surface area contributed by atoms with Crippen LogP contribution in [-0.4, -0.2) is 12.6 Å². The van der Waals surface area contributed by atoms with Crippen LogP contribution in [-0.2, 0) is 11.3 Å². The van der Waals surface area contributed by atoms with Crippen LogP contribution in [0.15, 0.2) is 60.7 Å². The number of hydrogen-bond acceptors (Lipinski definition) is 3. The Kier molecular flexibility index (Phi) is 5.79. The predicted octanol–water partition coefficient (Wildman–Crippen LogP) is 3.00. The third-order valence-corrected chi connectivity index (χ3v) is 3.17. The summed E-state index contributed by atoms with van der Waals surface area (Å²) in [6.07, 6.45) is 0.254. The summed E-state index contributed by atoms with van der Waals surface area (Å²) < 4.78 is 5.12. The van der Waals surface area contributed by atoms with E-state index in [1.165, 1.54) is 0 Å². The molecule has 0 bridgehead atoms. The highest BCUT2D eigenvalue weighted by Gasteiger charge is 2.07. The standard InChI is InChI=1S/C17H20N2O2/c18-16(15-9-5-2-6-10-15)11-12-19-17(20)21-13-14-7-3-1-4-8-14/h1-10,16H,11-13,18H2,(H,19,20). The maximum absolute atomic E-state index is 11.6. The minimum atomic E-state index is -0.417. The number of alkyl carbamates (subject to hydrolysis) is 1. The molecule has 110 valence electrons. The molecule has 4 heteroatoms. The Labute approximate surface area is 124 Å². The molecule has 2 aromatic rings. The van der Waals surface area contributed by atoms with Crippen LogP contribution in [0.4, 0.5) is 4.79 Å². The summed E-state index contributed by atoms with van der Waals surface area (Å²) >= 11 is 0. The maximum atomic E-state index is 11.6. The molecule has 0 aliphatic rings. The van der Waals surface area contributed by atoms with Crippen molar-refractivity contribution in [2.45, 2.75) is 19.1 Å². The average Bonchev–Trinajstić information content (AvgIpc) is 2.54. The van der Waals surface area contributed by atoms with E-state index in [1.54, 1.807) is 0 Å². The van der Waals surface area contributed by atoms with E-state index in [9.17, 15) is 4.79 Å². The molecule has 3 N–H and O–H groups in total. The van der Waals surface area contributed by atoms with Crippen LogP contribution in [0.2, 0.25) is 0 Å². The minimum absolute atomic E-state index is 0.0828. The van der Waals surface area contributed by atoms with Crippen LogP contribution < -0.4 is 11.1 Å². The monoisotopic (exact) mass is 284 g/mol. The third kappa shape index (κ3) is 5.28. The van der Waals surface area contributed by atoms with Crippen LogP contribution >= 0.6 is 0 Å². The van der Waals surface area contributed by atoms with Crippen molar-refractivity contribution in [1.29, 1.82) is 0 Å². The van der Waals surface area contributed by atoms with Crippen LogP contribution in [0.5, 0.6) is 0 Å². The van der Waals surface area contributed by atoms with Gasteiger partial charge in [-0.2, -0.15) is 0 Å². The first kappa shape index (κ1) is 15.1. The number of carbonyl (C=O) groups excluding carboxylic acids is 1. The van der Waals surface area contributed by atoms with Gasteiger partial charge in [-0.05, 0) is 17.5 Å². The Hall–Kier alpha value is -2.33. The predicted molar refractivity (Wildman–Crippen MR) is 82.6 cm³/mol. The van der Waals surface area contributed by atoms with E-state index in [2.05, 4.69) is 5.32 Å². The van der Waals surface area contributed by atoms with Crippen molar-refractivity contribution in [3.05, 3.63) is 71.8 Å². The molecule has 2 rings (SSSR count). The van der Waals surface area contributed by atoms with E-state index in [0.29, 0.717) is 13.0 Å². The number of nitrogens with one attached hydrogen (secondary N) is 1. The Balaban J connectivity index is 1.65. The summed E-state index contributed by atoms with van der Waals surface area (Å²) in [6, 6.07) is 19.3. The maximum Gasteiger partial charge on any atom is 0.407 e. The van der Waals surface area contributed by atoms with E-state index in [1.807, 2.05) is 60.7 Å². The lowest BCUT2D eigenvalue weighted by molar-refractivity contribution is 0.139. The molecule has 1 atom stereocenters. The molecule has 0 heterocycles. The number of amides is 1. The molecule has 0 spiro atoms. The zero-order chi connectivity index (χ0) is 14.9. The van der Waals surface area contributed by atoms with Gasteiger partial charge < -0.3 is 15.8 Å². The Morgan fingerprint density at radius 2 is 1.67 bits per heavy atom. The van der Waals surface area contributed by atoms with Crippen molar-refractivity contribution in [3.8, 4) is 0 Å². The Bertz CT molecular complexity index is 543. The lowest BCUT2D eigenvalue weighted by Crippen LogP contribution is -2.27. The van der Waals surface area contributed by atoms with E-state index in [4.69, 9.17) is 10.5 Å². The number of carbonyl (C=O) groups is 1. The van der Waals surface area contributed by atoms with Gasteiger partial charge in [-0.3, -0.25) is 0 Å².